The molecule has 154 valence electrons. The molecule has 4 heteroatoms. The highest BCUT2D eigenvalue weighted by atomic mass is 16.5. The van der Waals surface area contributed by atoms with E-state index in [2.05, 4.69) is 38.1 Å². The fourth-order valence-electron chi connectivity index (χ4n) is 5.22. The Morgan fingerprint density at radius 3 is 1.48 bits per heavy atom. The van der Waals surface area contributed by atoms with Crippen LogP contribution in [0.25, 0.3) is 11.1 Å². The Labute approximate surface area is 173 Å². The second kappa shape index (κ2) is 8.81. The number of esters is 2. The van der Waals surface area contributed by atoms with Crippen molar-refractivity contribution in [2.75, 3.05) is 14.2 Å². The van der Waals surface area contributed by atoms with Crippen LogP contribution in [0.3, 0.4) is 0 Å². The maximum atomic E-state index is 13.2. The van der Waals surface area contributed by atoms with E-state index in [0.29, 0.717) is 12.8 Å². The van der Waals surface area contributed by atoms with Gasteiger partial charge in [-0.1, -0.05) is 75.2 Å². The summed E-state index contributed by atoms with van der Waals surface area (Å²) in [6, 6.07) is 16.3. The van der Waals surface area contributed by atoms with Crippen LogP contribution in [-0.2, 0) is 24.5 Å². The van der Waals surface area contributed by atoms with Gasteiger partial charge < -0.3 is 9.47 Å². The molecule has 1 aliphatic rings. The molecular weight excluding hydrogens is 364 g/mol. The molecule has 3 rings (SSSR count). The normalized spacial score (nSPS) is 15.7. The molecule has 29 heavy (non-hydrogen) atoms. The van der Waals surface area contributed by atoms with Crippen molar-refractivity contribution in [2.24, 2.45) is 11.8 Å². The molecule has 0 N–H and O–H groups in total. The molecule has 0 aliphatic heterocycles. The summed E-state index contributed by atoms with van der Waals surface area (Å²) in [5, 5.41) is 0. The van der Waals surface area contributed by atoms with Gasteiger partial charge in [0.2, 0.25) is 0 Å². The summed E-state index contributed by atoms with van der Waals surface area (Å²) in [5.74, 6) is -1.50. The van der Waals surface area contributed by atoms with Crippen molar-refractivity contribution in [3.8, 4) is 11.1 Å². The molecule has 0 saturated carbocycles. The third kappa shape index (κ3) is 3.25. The number of methoxy groups -OCH3 is 2. The predicted octanol–water partition coefficient (Wildman–Crippen LogP) is 5.13. The summed E-state index contributed by atoms with van der Waals surface area (Å²) >= 11 is 0. The first-order valence-electron chi connectivity index (χ1n) is 10.4. The summed E-state index contributed by atoms with van der Waals surface area (Å²) in [6.07, 6.45) is 2.89. The lowest BCUT2D eigenvalue weighted by molar-refractivity contribution is -0.154. The number of rotatable bonds is 8. The number of carbonyl (C=O) groups is 2. The van der Waals surface area contributed by atoms with Gasteiger partial charge in [-0.05, 0) is 35.1 Å². The Balaban J connectivity index is 2.43. The van der Waals surface area contributed by atoms with E-state index in [1.165, 1.54) is 14.2 Å². The third-order valence-electron chi connectivity index (χ3n) is 6.26. The standard InChI is InChI=1S/C25H30O4/c1-5-11-21(23(26)28-3)25(22(12-6-2)24(27)29-4)19-15-9-7-13-17(19)18-14-8-10-16-20(18)25/h7-10,13-16,21-22H,5-6,11-12H2,1-4H3. The zero-order valence-electron chi connectivity index (χ0n) is 17.7. The van der Waals surface area contributed by atoms with Crippen molar-refractivity contribution in [1.29, 1.82) is 0 Å². The van der Waals surface area contributed by atoms with Gasteiger partial charge in [-0.3, -0.25) is 9.59 Å². The molecule has 0 fully saturated rings. The first-order chi connectivity index (χ1) is 14.1. The topological polar surface area (TPSA) is 52.6 Å². The van der Waals surface area contributed by atoms with E-state index >= 15 is 0 Å². The van der Waals surface area contributed by atoms with Crippen LogP contribution in [0.15, 0.2) is 48.5 Å². The summed E-state index contributed by atoms with van der Waals surface area (Å²) < 4.78 is 10.6. The Morgan fingerprint density at radius 1 is 0.759 bits per heavy atom. The van der Waals surface area contributed by atoms with Gasteiger partial charge in [0, 0.05) is 5.41 Å². The van der Waals surface area contributed by atoms with Gasteiger partial charge in [0.1, 0.15) is 0 Å². The van der Waals surface area contributed by atoms with E-state index in [4.69, 9.17) is 9.47 Å². The van der Waals surface area contributed by atoms with E-state index in [-0.39, 0.29) is 11.9 Å². The minimum atomic E-state index is -0.806. The van der Waals surface area contributed by atoms with E-state index in [9.17, 15) is 9.59 Å². The van der Waals surface area contributed by atoms with Crippen LogP contribution in [0, 0.1) is 11.8 Å². The van der Waals surface area contributed by atoms with Gasteiger partial charge >= 0.3 is 11.9 Å². The molecule has 1 aliphatic carbocycles. The molecule has 4 nitrogen and oxygen atoms in total. The molecule has 0 amide bonds. The second-order valence-electron chi connectivity index (χ2n) is 7.69. The van der Waals surface area contributed by atoms with Crippen LogP contribution in [0.4, 0.5) is 0 Å². The SMILES string of the molecule is CCCC(C(=O)OC)C1(C(CCC)C(=O)OC)c2ccccc2-c2ccccc21. The molecule has 0 spiro atoms. The van der Waals surface area contributed by atoms with Crippen LogP contribution in [0.1, 0.15) is 50.7 Å². The maximum absolute atomic E-state index is 13.2. The van der Waals surface area contributed by atoms with E-state index in [1.54, 1.807) is 0 Å². The molecule has 2 aromatic carbocycles. The van der Waals surface area contributed by atoms with Crippen molar-refractivity contribution in [3.05, 3.63) is 59.7 Å². The number of carbonyl (C=O) groups excluding carboxylic acids is 2. The fraction of sp³-hybridized carbons (Fsp3) is 0.440. The summed E-state index contributed by atoms with van der Waals surface area (Å²) in [5.41, 5.74) is 3.40. The summed E-state index contributed by atoms with van der Waals surface area (Å²) in [6.45, 7) is 4.12. The van der Waals surface area contributed by atoms with Crippen LogP contribution in [0.2, 0.25) is 0 Å². The quantitative estimate of drug-likeness (QED) is 0.582. The first kappa shape index (κ1) is 21.1. The molecular formula is C25H30O4. The summed E-state index contributed by atoms with van der Waals surface area (Å²) in [7, 11) is 2.86. The smallest absolute Gasteiger partial charge is 0.309 e. The third-order valence-corrected chi connectivity index (χ3v) is 6.26. The van der Waals surface area contributed by atoms with Crippen molar-refractivity contribution >= 4 is 11.9 Å². The number of ether oxygens (including phenoxy) is 2. The Hall–Kier alpha value is -2.62. The van der Waals surface area contributed by atoms with Crippen molar-refractivity contribution in [2.45, 2.75) is 44.9 Å². The number of hydrogen-bond donors (Lipinski definition) is 0. The predicted molar refractivity (Wildman–Crippen MR) is 113 cm³/mol. The molecule has 2 unspecified atom stereocenters. The zero-order valence-corrected chi connectivity index (χ0v) is 17.7. The highest BCUT2D eigenvalue weighted by Crippen LogP contribution is 2.58. The second-order valence-corrected chi connectivity index (χ2v) is 7.69. The first-order valence-corrected chi connectivity index (χ1v) is 10.4. The van der Waals surface area contributed by atoms with Crippen LogP contribution in [-0.4, -0.2) is 26.2 Å². The molecule has 0 heterocycles. The number of benzene rings is 2. The zero-order chi connectivity index (χ0) is 21.0. The molecule has 0 radical (unpaired) electrons. The monoisotopic (exact) mass is 394 g/mol. The maximum Gasteiger partial charge on any atom is 0.309 e. The van der Waals surface area contributed by atoms with E-state index in [0.717, 1.165) is 35.1 Å². The van der Waals surface area contributed by atoms with Crippen molar-refractivity contribution < 1.29 is 19.1 Å². The molecule has 0 bridgehead atoms. The van der Waals surface area contributed by atoms with Gasteiger partial charge in [-0.25, -0.2) is 0 Å². The van der Waals surface area contributed by atoms with Crippen molar-refractivity contribution in [1.82, 2.24) is 0 Å². The average molecular weight is 395 g/mol. The highest BCUT2D eigenvalue weighted by Gasteiger charge is 2.58. The minimum Gasteiger partial charge on any atom is -0.469 e. The molecule has 2 atom stereocenters. The summed E-state index contributed by atoms with van der Waals surface area (Å²) in [4.78, 5) is 26.3. The van der Waals surface area contributed by atoms with E-state index < -0.39 is 17.3 Å². The van der Waals surface area contributed by atoms with Gasteiger partial charge in [-0.2, -0.15) is 0 Å². The van der Waals surface area contributed by atoms with Crippen LogP contribution >= 0.6 is 0 Å². The van der Waals surface area contributed by atoms with Gasteiger partial charge in [0.25, 0.3) is 0 Å². The minimum absolute atomic E-state index is 0.275. The van der Waals surface area contributed by atoms with Gasteiger partial charge in [0.15, 0.2) is 0 Å². The Kier molecular flexibility index (Phi) is 6.41. The lowest BCUT2D eigenvalue weighted by Crippen LogP contribution is -2.49. The van der Waals surface area contributed by atoms with Crippen LogP contribution < -0.4 is 0 Å². The largest absolute Gasteiger partial charge is 0.469 e. The Morgan fingerprint density at radius 2 is 1.14 bits per heavy atom. The van der Waals surface area contributed by atoms with Crippen LogP contribution in [0.5, 0.6) is 0 Å². The molecule has 0 saturated heterocycles. The fourth-order valence-corrected chi connectivity index (χ4v) is 5.22. The van der Waals surface area contributed by atoms with E-state index in [1.807, 2.05) is 24.3 Å². The molecule has 0 aromatic heterocycles. The van der Waals surface area contributed by atoms with Gasteiger partial charge in [-0.15, -0.1) is 0 Å². The van der Waals surface area contributed by atoms with Gasteiger partial charge in [0.05, 0.1) is 26.1 Å². The number of fused-ring (bicyclic) bond motifs is 3. The lowest BCUT2D eigenvalue weighted by Gasteiger charge is -2.43. The Bertz CT molecular complexity index is 812. The highest BCUT2D eigenvalue weighted by molar-refractivity contribution is 5.90. The average Bonchev–Trinajstić information content (AvgIpc) is 3.06. The van der Waals surface area contributed by atoms with Crippen molar-refractivity contribution in [3.63, 3.8) is 0 Å². The number of hydrogen-bond acceptors (Lipinski definition) is 4. The lowest BCUT2D eigenvalue weighted by atomic mass is 9.58. The molecule has 2 aromatic rings.